The number of nitrogens with one attached hydrogen (secondary N) is 2. The highest BCUT2D eigenvalue weighted by Crippen LogP contribution is 2.38. The van der Waals surface area contributed by atoms with Crippen molar-refractivity contribution in [3.8, 4) is 0 Å². The Balaban J connectivity index is 1.48. The van der Waals surface area contributed by atoms with E-state index in [-0.39, 0.29) is 30.9 Å². The molecule has 3 aromatic carbocycles. The average molecular weight is 548 g/mol. The van der Waals surface area contributed by atoms with E-state index in [0.717, 1.165) is 27.8 Å². The molecule has 5 atom stereocenters. The molecule has 2 amide bonds. The molecule has 1 heterocycles. The number of urea groups is 1. The van der Waals surface area contributed by atoms with Gasteiger partial charge in [0.1, 0.15) is 0 Å². The molecule has 4 rings (SSSR count). The van der Waals surface area contributed by atoms with Gasteiger partial charge in [0.2, 0.25) is 0 Å². The lowest BCUT2D eigenvalue weighted by atomic mass is 9.98. The minimum absolute atomic E-state index is 0.00605. The van der Waals surface area contributed by atoms with Crippen LogP contribution in [0.5, 0.6) is 0 Å². The van der Waals surface area contributed by atoms with E-state index in [1.54, 1.807) is 0 Å². The van der Waals surface area contributed by atoms with E-state index in [9.17, 15) is 15.0 Å². The Labute approximate surface area is 236 Å². The number of hydrogen-bond donors (Lipinski definition) is 4. The molecule has 1 aliphatic rings. The number of nitrogens with zero attached hydrogens (tertiary/aromatic N) is 1. The molecule has 1 aliphatic heterocycles. The molecular weight excluding hydrogens is 506 g/mol. The number of carbonyl (C=O) groups is 1. The van der Waals surface area contributed by atoms with E-state index in [1.807, 2.05) is 99.8 Å². The van der Waals surface area contributed by atoms with Crippen molar-refractivity contribution in [2.24, 2.45) is 0 Å². The lowest BCUT2D eigenvalue weighted by molar-refractivity contribution is -0.253. The first-order valence-electron chi connectivity index (χ1n) is 13.9. The van der Waals surface area contributed by atoms with E-state index in [1.165, 1.54) is 0 Å². The Bertz CT molecular complexity index is 1190. The zero-order valence-corrected chi connectivity index (χ0v) is 23.5. The highest BCUT2D eigenvalue weighted by molar-refractivity contribution is 5.73. The van der Waals surface area contributed by atoms with Crippen LogP contribution < -0.4 is 10.6 Å². The van der Waals surface area contributed by atoms with Crippen molar-refractivity contribution < 1.29 is 24.5 Å². The third kappa shape index (κ3) is 7.90. The molecule has 4 N–H and O–H groups in total. The van der Waals surface area contributed by atoms with E-state index < -0.39 is 12.4 Å². The van der Waals surface area contributed by atoms with Crippen molar-refractivity contribution in [1.82, 2.24) is 15.5 Å². The molecule has 1 unspecified atom stereocenters. The summed E-state index contributed by atoms with van der Waals surface area (Å²) < 4.78 is 12.9. The van der Waals surface area contributed by atoms with Crippen molar-refractivity contribution in [2.75, 3.05) is 20.1 Å². The van der Waals surface area contributed by atoms with Crippen molar-refractivity contribution >= 4 is 6.03 Å². The predicted molar refractivity (Wildman–Crippen MR) is 154 cm³/mol. The van der Waals surface area contributed by atoms with Crippen molar-refractivity contribution in [2.45, 2.75) is 64.1 Å². The summed E-state index contributed by atoms with van der Waals surface area (Å²) in [6, 6.07) is 25.1. The highest BCUT2D eigenvalue weighted by atomic mass is 16.7. The highest BCUT2D eigenvalue weighted by Gasteiger charge is 2.34. The molecule has 8 nitrogen and oxygen atoms in total. The first kappa shape index (κ1) is 29.7. The van der Waals surface area contributed by atoms with Gasteiger partial charge in [-0.15, -0.1) is 0 Å². The average Bonchev–Trinajstić information content (AvgIpc) is 3.00. The molecule has 1 saturated heterocycles. The van der Waals surface area contributed by atoms with Crippen LogP contribution in [0.1, 0.15) is 66.6 Å². The summed E-state index contributed by atoms with van der Waals surface area (Å²) in [6.07, 6.45) is -0.880. The summed E-state index contributed by atoms with van der Waals surface area (Å²) in [5, 5.41) is 26.0. The van der Waals surface area contributed by atoms with Gasteiger partial charge in [0, 0.05) is 37.7 Å². The Morgan fingerprint density at radius 3 is 2.25 bits per heavy atom. The lowest BCUT2D eigenvalue weighted by Crippen LogP contribution is -2.43. The Morgan fingerprint density at radius 1 is 0.950 bits per heavy atom. The second-order valence-corrected chi connectivity index (χ2v) is 10.3. The molecule has 8 heteroatoms. The number of aliphatic hydroxyl groups excluding tert-OH is 2. The maximum Gasteiger partial charge on any atom is 0.315 e. The fraction of sp³-hybridized carbons (Fsp3) is 0.406. The smallest absolute Gasteiger partial charge is 0.315 e. The van der Waals surface area contributed by atoms with E-state index in [0.29, 0.717) is 26.1 Å². The lowest BCUT2D eigenvalue weighted by Gasteiger charge is -2.39. The van der Waals surface area contributed by atoms with Crippen LogP contribution >= 0.6 is 0 Å². The SMILES string of the molecule is CCNC(=O)NCc1ccc(C2O[C@H](CN(C)[C@@H](C)[C@H](O)c3ccccc3)C[C@H](c3ccc(CO)cc3)O2)cc1. The van der Waals surface area contributed by atoms with Crippen LogP contribution in [0.25, 0.3) is 0 Å². The topological polar surface area (TPSA) is 103 Å². The fourth-order valence-corrected chi connectivity index (χ4v) is 4.89. The van der Waals surface area contributed by atoms with Crippen LogP contribution in [0, 0.1) is 0 Å². The molecule has 40 heavy (non-hydrogen) atoms. The number of benzene rings is 3. The predicted octanol–water partition coefficient (Wildman–Crippen LogP) is 4.60. The first-order valence-corrected chi connectivity index (χ1v) is 13.9. The van der Waals surface area contributed by atoms with Crippen LogP contribution in [-0.2, 0) is 22.6 Å². The molecule has 3 aromatic rings. The summed E-state index contributed by atoms with van der Waals surface area (Å²) in [7, 11) is 2.01. The van der Waals surface area contributed by atoms with E-state index >= 15 is 0 Å². The monoisotopic (exact) mass is 547 g/mol. The van der Waals surface area contributed by atoms with Gasteiger partial charge in [-0.25, -0.2) is 4.79 Å². The van der Waals surface area contributed by atoms with Crippen LogP contribution in [0.15, 0.2) is 78.9 Å². The van der Waals surface area contributed by atoms with Gasteiger partial charge < -0.3 is 30.3 Å². The number of hydrogen-bond acceptors (Lipinski definition) is 6. The fourth-order valence-electron chi connectivity index (χ4n) is 4.89. The zero-order chi connectivity index (χ0) is 28.5. The summed E-state index contributed by atoms with van der Waals surface area (Å²) in [5.74, 6) is 0. The number of amides is 2. The Kier molecular flexibility index (Phi) is 10.7. The van der Waals surface area contributed by atoms with Gasteiger partial charge in [0.05, 0.1) is 24.9 Å². The van der Waals surface area contributed by atoms with Gasteiger partial charge in [0.25, 0.3) is 0 Å². The van der Waals surface area contributed by atoms with Gasteiger partial charge in [-0.2, -0.15) is 0 Å². The third-order valence-corrected chi connectivity index (χ3v) is 7.44. The van der Waals surface area contributed by atoms with E-state index in [2.05, 4.69) is 15.5 Å². The quantitative estimate of drug-likeness (QED) is 0.280. The molecule has 0 spiro atoms. The second kappa shape index (κ2) is 14.4. The number of ether oxygens (including phenoxy) is 2. The number of aliphatic hydroxyl groups is 2. The van der Waals surface area contributed by atoms with Crippen LogP contribution in [0.2, 0.25) is 0 Å². The largest absolute Gasteiger partial charge is 0.392 e. The van der Waals surface area contributed by atoms with Gasteiger partial charge in [0.15, 0.2) is 6.29 Å². The molecule has 214 valence electrons. The third-order valence-electron chi connectivity index (χ3n) is 7.44. The van der Waals surface area contributed by atoms with Gasteiger partial charge in [-0.3, -0.25) is 4.90 Å². The summed E-state index contributed by atoms with van der Waals surface area (Å²) in [6.45, 7) is 5.51. The van der Waals surface area contributed by atoms with Crippen LogP contribution in [-0.4, -0.2) is 53.4 Å². The van der Waals surface area contributed by atoms with Crippen molar-refractivity contribution in [3.63, 3.8) is 0 Å². The van der Waals surface area contributed by atoms with Gasteiger partial charge >= 0.3 is 6.03 Å². The molecule has 0 aliphatic carbocycles. The Morgan fingerprint density at radius 2 is 1.60 bits per heavy atom. The van der Waals surface area contributed by atoms with Crippen LogP contribution in [0.3, 0.4) is 0 Å². The minimum atomic E-state index is -0.621. The summed E-state index contributed by atoms with van der Waals surface area (Å²) in [4.78, 5) is 13.9. The zero-order valence-electron chi connectivity index (χ0n) is 23.5. The minimum Gasteiger partial charge on any atom is -0.392 e. The van der Waals surface area contributed by atoms with Gasteiger partial charge in [-0.1, -0.05) is 78.9 Å². The standard InChI is InChI=1S/C32H41N3O5/c1-4-33-32(38)34-19-23-10-16-27(17-11-23)31-39-28(18-29(40-31)25-14-12-24(21-36)13-15-25)20-35(3)22(2)30(37)26-8-6-5-7-9-26/h5-17,22,28-31,36-37H,4,18-21H2,1-3H3,(H2,33,34,38)/t22-,28-,29+,30-,31?/m0/s1. The summed E-state index contributed by atoms with van der Waals surface area (Å²) in [5.41, 5.74) is 4.63. The maximum atomic E-state index is 11.7. The van der Waals surface area contributed by atoms with Crippen molar-refractivity contribution in [1.29, 1.82) is 0 Å². The van der Waals surface area contributed by atoms with Gasteiger partial charge in [-0.05, 0) is 43.1 Å². The molecule has 0 saturated carbocycles. The number of likely N-dealkylation sites (N-methyl/N-ethyl adjacent to an activating group) is 1. The van der Waals surface area contributed by atoms with Crippen molar-refractivity contribution in [3.05, 3.63) is 107 Å². The molecule has 0 radical (unpaired) electrons. The second-order valence-electron chi connectivity index (χ2n) is 10.3. The van der Waals surface area contributed by atoms with Crippen LogP contribution in [0.4, 0.5) is 4.79 Å². The summed E-state index contributed by atoms with van der Waals surface area (Å²) >= 11 is 0. The molecule has 0 bridgehead atoms. The molecular formula is C32H41N3O5. The number of carbonyl (C=O) groups excluding carboxylic acids is 1. The first-order chi connectivity index (χ1) is 19.4. The number of rotatable bonds is 11. The molecule has 0 aromatic heterocycles. The normalized spacial score (nSPS) is 20.6. The van der Waals surface area contributed by atoms with E-state index in [4.69, 9.17) is 9.47 Å². The Hall–Kier alpha value is -3.27. The molecule has 1 fully saturated rings. The maximum absolute atomic E-state index is 11.7.